The third kappa shape index (κ3) is 2.51. The zero-order chi connectivity index (χ0) is 10.7. The van der Waals surface area contributed by atoms with Crippen LogP contribution < -0.4 is 4.74 Å². The van der Waals surface area contributed by atoms with E-state index in [4.69, 9.17) is 9.47 Å². The van der Waals surface area contributed by atoms with Crippen LogP contribution in [0.2, 0.25) is 0 Å². The van der Waals surface area contributed by atoms with Crippen LogP contribution in [0.15, 0.2) is 24.3 Å². The molecule has 2 heteroatoms. The summed E-state index contributed by atoms with van der Waals surface area (Å²) in [5, 5.41) is 0. The van der Waals surface area contributed by atoms with Gasteiger partial charge in [-0.05, 0) is 31.0 Å². The molecule has 1 aliphatic heterocycles. The molecular weight excluding hydrogens is 188 g/mol. The molecule has 0 N–H and O–H groups in total. The minimum Gasteiger partial charge on any atom is -0.494 e. The van der Waals surface area contributed by atoms with Crippen molar-refractivity contribution in [3.63, 3.8) is 0 Å². The summed E-state index contributed by atoms with van der Waals surface area (Å²) in [5.74, 6) is 0.955. The van der Waals surface area contributed by atoms with Crippen molar-refractivity contribution in [1.29, 1.82) is 0 Å². The van der Waals surface area contributed by atoms with E-state index in [9.17, 15) is 0 Å². The molecule has 0 radical (unpaired) electrons. The third-order valence-electron chi connectivity index (χ3n) is 2.77. The van der Waals surface area contributed by atoms with Gasteiger partial charge in [0.2, 0.25) is 0 Å². The number of rotatable bonds is 4. The van der Waals surface area contributed by atoms with Crippen molar-refractivity contribution in [3.8, 4) is 5.75 Å². The first-order chi connectivity index (χ1) is 7.22. The van der Waals surface area contributed by atoms with Crippen LogP contribution in [-0.4, -0.2) is 19.8 Å². The fraction of sp³-hybridized carbons (Fsp3) is 0.538. The highest BCUT2D eigenvalue weighted by Crippen LogP contribution is 2.31. The summed E-state index contributed by atoms with van der Waals surface area (Å²) in [6.07, 6.45) is 1.10. The van der Waals surface area contributed by atoms with Gasteiger partial charge in [0.25, 0.3) is 0 Å². The molecule has 82 valence electrons. The summed E-state index contributed by atoms with van der Waals surface area (Å²) in [5.41, 5.74) is 1.72. The second kappa shape index (κ2) is 4.23. The molecule has 0 spiro atoms. The molecule has 1 fully saturated rings. The molecule has 0 saturated carbocycles. The van der Waals surface area contributed by atoms with E-state index >= 15 is 0 Å². The summed E-state index contributed by atoms with van der Waals surface area (Å²) in [6, 6.07) is 8.38. The van der Waals surface area contributed by atoms with E-state index in [2.05, 4.69) is 19.1 Å². The van der Waals surface area contributed by atoms with Crippen molar-refractivity contribution in [3.05, 3.63) is 29.8 Å². The molecule has 1 aromatic rings. The van der Waals surface area contributed by atoms with Gasteiger partial charge in [-0.2, -0.15) is 0 Å². The van der Waals surface area contributed by atoms with Gasteiger partial charge in [-0.3, -0.25) is 0 Å². The van der Waals surface area contributed by atoms with Crippen molar-refractivity contribution >= 4 is 0 Å². The highest BCUT2D eigenvalue weighted by atomic mass is 16.5. The molecule has 2 nitrogen and oxygen atoms in total. The van der Waals surface area contributed by atoms with Gasteiger partial charge in [0.05, 0.1) is 19.8 Å². The molecule has 1 heterocycles. The first-order valence-electron chi connectivity index (χ1n) is 5.51. The smallest absolute Gasteiger partial charge is 0.119 e. The van der Waals surface area contributed by atoms with Crippen LogP contribution in [0.3, 0.4) is 0 Å². The molecule has 1 saturated heterocycles. The molecule has 0 bridgehead atoms. The molecule has 0 unspecified atom stereocenters. The maximum absolute atomic E-state index is 5.41. The number of hydrogen-bond donors (Lipinski definition) is 0. The highest BCUT2D eigenvalue weighted by Gasteiger charge is 2.33. The lowest BCUT2D eigenvalue weighted by molar-refractivity contribution is -0.100. The van der Waals surface area contributed by atoms with Gasteiger partial charge in [0.15, 0.2) is 0 Å². The Morgan fingerprint density at radius 3 is 2.40 bits per heavy atom. The van der Waals surface area contributed by atoms with Crippen LogP contribution in [0.25, 0.3) is 0 Å². The average Bonchev–Trinajstić information content (AvgIpc) is 2.19. The molecule has 0 atom stereocenters. The topological polar surface area (TPSA) is 18.5 Å². The minimum atomic E-state index is 0.354. The number of hydrogen-bond acceptors (Lipinski definition) is 2. The van der Waals surface area contributed by atoms with Crippen molar-refractivity contribution < 1.29 is 9.47 Å². The molecule has 0 aromatic heterocycles. The van der Waals surface area contributed by atoms with Crippen LogP contribution in [0.5, 0.6) is 5.75 Å². The van der Waals surface area contributed by atoms with Crippen LogP contribution >= 0.6 is 0 Å². The maximum Gasteiger partial charge on any atom is 0.119 e. The van der Waals surface area contributed by atoms with E-state index in [0.29, 0.717) is 5.41 Å². The minimum absolute atomic E-state index is 0.354. The summed E-state index contributed by atoms with van der Waals surface area (Å²) < 4.78 is 10.7. The quantitative estimate of drug-likeness (QED) is 0.754. The van der Waals surface area contributed by atoms with Gasteiger partial charge in [0.1, 0.15) is 5.75 Å². The Morgan fingerprint density at radius 2 is 1.93 bits per heavy atom. The molecule has 0 aliphatic carbocycles. The van der Waals surface area contributed by atoms with E-state index in [-0.39, 0.29) is 0 Å². The van der Waals surface area contributed by atoms with Crippen molar-refractivity contribution in [2.75, 3.05) is 19.8 Å². The van der Waals surface area contributed by atoms with Crippen LogP contribution in [0, 0.1) is 5.41 Å². The van der Waals surface area contributed by atoms with Crippen LogP contribution in [0.4, 0.5) is 0 Å². The first kappa shape index (κ1) is 10.5. The van der Waals surface area contributed by atoms with Crippen LogP contribution in [-0.2, 0) is 11.2 Å². The zero-order valence-corrected chi connectivity index (χ0v) is 9.45. The fourth-order valence-corrected chi connectivity index (χ4v) is 1.92. The Bertz CT molecular complexity index is 312. The average molecular weight is 206 g/mol. The van der Waals surface area contributed by atoms with E-state index in [1.54, 1.807) is 0 Å². The van der Waals surface area contributed by atoms with Crippen molar-refractivity contribution in [2.45, 2.75) is 20.3 Å². The summed E-state index contributed by atoms with van der Waals surface area (Å²) in [7, 11) is 0. The molecule has 1 aromatic carbocycles. The van der Waals surface area contributed by atoms with Gasteiger partial charge in [-0.25, -0.2) is 0 Å². The van der Waals surface area contributed by atoms with E-state index < -0.39 is 0 Å². The zero-order valence-electron chi connectivity index (χ0n) is 9.45. The third-order valence-corrected chi connectivity index (χ3v) is 2.77. The first-order valence-corrected chi connectivity index (χ1v) is 5.51. The fourth-order valence-electron chi connectivity index (χ4n) is 1.92. The molecule has 2 rings (SSSR count). The highest BCUT2D eigenvalue weighted by molar-refractivity contribution is 5.28. The predicted octanol–water partition coefficient (Wildman–Crippen LogP) is 2.66. The van der Waals surface area contributed by atoms with Gasteiger partial charge in [0, 0.05) is 5.41 Å². The van der Waals surface area contributed by atoms with Gasteiger partial charge in [-0.15, -0.1) is 0 Å². The second-order valence-electron chi connectivity index (χ2n) is 4.56. The maximum atomic E-state index is 5.41. The Kier molecular flexibility index (Phi) is 2.96. The Hall–Kier alpha value is -1.02. The van der Waals surface area contributed by atoms with Gasteiger partial charge >= 0.3 is 0 Å². The Morgan fingerprint density at radius 1 is 1.27 bits per heavy atom. The molecule has 1 aliphatic rings. The van der Waals surface area contributed by atoms with Crippen LogP contribution in [0.1, 0.15) is 19.4 Å². The lowest BCUT2D eigenvalue weighted by Crippen LogP contribution is -2.41. The summed E-state index contributed by atoms with van der Waals surface area (Å²) in [6.45, 7) is 6.78. The number of benzene rings is 1. The lowest BCUT2D eigenvalue weighted by Gasteiger charge is -2.38. The van der Waals surface area contributed by atoms with E-state index in [0.717, 1.165) is 32.0 Å². The molecule has 0 amide bonds. The summed E-state index contributed by atoms with van der Waals surface area (Å²) >= 11 is 0. The van der Waals surface area contributed by atoms with Gasteiger partial charge in [-0.1, -0.05) is 19.1 Å². The largest absolute Gasteiger partial charge is 0.494 e. The van der Waals surface area contributed by atoms with E-state index in [1.165, 1.54) is 5.56 Å². The second-order valence-corrected chi connectivity index (χ2v) is 4.56. The predicted molar refractivity (Wildman–Crippen MR) is 60.2 cm³/mol. The monoisotopic (exact) mass is 206 g/mol. The Labute approximate surface area is 91.2 Å². The summed E-state index contributed by atoms with van der Waals surface area (Å²) in [4.78, 5) is 0. The van der Waals surface area contributed by atoms with Crippen molar-refractivity contribution in [2.24, 2.45) is 5.41 Å². The van der Waals surface area contributed by atoms with E-state index in [1.807, 2.05) is 19.1 Å². The van der Waals surface area contributed by atoms with Gasteiger partial charge < -0.3 is 9.47 Å². The Balaban J connectivity index is 1.97. The normalized spacial score (nSPS) is 18.3. The molecule has 15 heavy (non-hydrogen) atoms. The standard InChI is InChI=1S/C13H18O2/c1-3-15-12-6-4-11(5-7-12)8-13(2)9-14-10-13/h4-7H,3,8-10H2,1-2H3. The number of ether oxygens (including phenoxy) is 2. The van der Waals surface area contributed by atoms with Crippen molar-refractivity contribution in [1.82, 2.24) is 0 Å². The lowest BCUT2D eigenvalue weighted by atomic mass is 9.82. The SMILES string of the molecule is CCOc1ccc(CC2(C)COC2)cc1. The molecular formula is C13H18O2.